The van der Waals surface area contributed by atoms with Gasteiger partial charge in [0.05, 0.1) is 12.4 Å². The largest absolute Gasteiger partial charge is 0.252 e. The van der Waals surface area contributed by atoms with E-state index in [-0.39, 0.29) is 5.25 Å². The summed E-state index contributed by atoms with van der Waals surface area (Å²) in [6, 6.07) is 7.95. The van der Waals surface area contributed by atoms with Crippen LogP contribution in [0.2, 0.25) is 0 Å². The highest BCUT2D eigenvalue weighted by Gasteiger charge is 2.13. The van der Waals surface area contributed by atoms with Crippen molar-refractivity contribution in [3.05, 3.63) is 35.9 Å². The first-order chi connectivity index (χ1) is 7.00. The zero-order valence-corrected chi connectivity index (χ0v) is 9.38. The number of rotatable bonds is 4. The Labute approximate surface area is 89.5 Å². The molecule has 0 heterocycles. The Hall–Kier alpha value is -0.670. The Morgan fingerprint density at radius 1 is 1.50 bits per heavy atom. The zero-order chi connectivity index (χ0) is 11.4. The number of hydrogen-bond acceptors (Lipinski definition) is 1. The Balaban J connectivity index is 2.64. The molecule has 1 aromatic rings. The van der Waals surface area contributed by atoms with Gasteiger partial charge in [-0.2, -0.15) is 0 Å². The number of nitrogens with two attached hydrogens (primary N) is 1. The van der Waals surface area contributed by atoms with Crippen LogP contribution in [0.3, 0.4) is 0 Å². The van der Waals surface area contributed by atoms with Gasteiger partial charge in [0.25, 0.3) is 0 Å². The van der Waals surface area contributed by atoms with Gasteiger partial charge in [-0.3, -0.25) is 5.14 Å². The molecule has 3 heteroatoms. The molecular weight excluding hydrogens is 194 g/mol. The van der Waals surface area contributed by atoms with E-state index < -0.39 is 11.0 Å². The Morgan fingerprint density at radius 2 is 2.07 bits per heavy atom. The van der Waals surface area contributed by atoms with Crippen molar-refractivity contribution in [2.45, 2.75) is 31.4 Å². The van der Waals surface area contributed by atoms with Crippen LogP contribution < -0.4 is 5.14 Å². The Morgan fingerprint density at radius 3 is 2.57 bits per heavy atom. The van der Waals surface area contributed by atoms with E-state index in [1.807, 2.05) is 19.1 Å². The monoisotopic (exact) mass is 212 g/mol. The van der Waals surface area contributed by atoms with Crippen LogP contribution in [-0.2, 0) is 11.0 Å². The summed E-state index contributed by atoms with van der Waals surface area (Å²) in [7, 11) is -1.25. The molecule has 2 nitrogen and oxygen atoms in total. The molecule has 2 N–H and O–H groups in total. The molecule has 0 aliphatic heterocycles. The molecule has 0 saturated heterocycles. The molecule has 1 aromatic carbocycles. The molecule has 0 spiro atoms. The minimum atomic E-state index is -1.25. The minimum Gasteiger partial charge on any atom is -0.252 e. The second kappa shape index (κ2) is 5.27. The van der Waals surface area contributed by atoms with Crippen LogP contribution in [0, 0.1) is 0 Å². The van der Waals surface area contributed by atoms with Crippen LogP contribution in [-0.4, -0.2) is 9.46 Å². The molecule has 78 valence electrons. The first-order valence-electron chi connectivity index (χ1n) is 5.22. The van der Waals surface area contributed by atoms with E-state index in [9.17, 15) is 4.21 Å². The normalized spacial score (nSPS) is 18.4. The van der Waals surface area contributed by atoms with Crippen LogP contribution in [0.1, 0.15) is 33.1 Å². The van der Waals surface area contributed by atoms with Gasteiger partial charge < -0.3 is 0 Å². The third-order valence-electron chi connectivity index (χ3n) is 2.40. The van der Waals surface area contributed by atoms with Crippen molar-refractivity contribution < 1.29 is 5.58 Å². The summed E-state index contributed by atoms with van der Waals surface area (Å²) < 4.78 is 18.4. The maximum atomic E-state index is 11.0. The van der Waals surface area contributed by atoms with Crippen molar-refractivity contribution in [2.24, 2.45) is 5.14 Å². The quantitative estimate of drug-likeness (QED) is 0.817. The van der Waals surface area contributed by atoms with Crippen LogP contribution >= 0.6 is 0 Å². The molecule has 0 amide bonds. The van der Waals surface area contributed by atoms with Crippen LogP contribution in [0.5, 0.6) is 0 Å². The average molecular weight is 212 g/mol. The fourth-order valence-electron chi connectivity index (χ4n) is 1.46. The predicted molar refractivity (Wildman–Crippen MR) is 61.3 cm³/mol. The molecule has 0 saturated carbocycles. The smallest absolute Gasteiger partial charge is 0.0917 e. The van der Waals surface area contributed by atoms with Crippen molar-refractivity contribution in [3.63, 3.8) is 0 Å². The lowest BCUT2D eigenvalue weighted by Gasteiger charge is -2.15. The summed E-state index contributed by atoms with van der Waals surface area (Å²) in [5.74, 6) is 0.327. The molecule has 2 unspecified atom stereocenters. The van der Waals surface area contributed by atoms with Gasteiger partial charge in [-0.05, 0) is 24.8 Å². The molecule has 0 aromatic heterocycles. The fourth-order valence-corrected chi connectivity index (χ4v) is 1.94. The van der Waals surface area contributed by atoms with E-state index in [0.717, 1.165) is 6.42 Å². The summed E-state index contributed by atoms with van der Waals surface area (Å²) >= 11 is 0. The van der Waals surface area contributed by atoms with Crippen molar-refractivity contribution in [1.82, 2.24) is 0 Å². The van der Waals surface area contributed by atoms with E-state index in [1.54, 1.807) is 12.1 Å². The van der Waals surface area contributed by atoms with Crippen molar-refractivity contribution in [2.75, 3.05) is 0 Å². The molecule has 0 aliphatic rings. The Bertz CT molecular complexity index is 339. The molecule has 0 fully saturated rings. The predicted octanol–water partition coefficient (Wildman–Crippen LogP) is 2.19. The molecule has 0 bridgehead atoms. The second-order valence-corrected chi connectivity index (χ2v) is 5.07. The van der Waals surface area contributed by atoms with E-state index in [1.165, 1.54) is 5.56 Å². The average Bonchev–Trinajstić information content (AvgIpc) is 2.18. The van der Waals surface area contributed by atoms with Crippen molar-refractivity contribution >= 4 is 11.0 Å². The van der Waals surface area contributed by atoms with E-state index in [0.29, 0.717) is 12.0 Å². The van der Waals surface area contributed by atoms with Gasteiger partial charge in [0.15, 0.2) is 0 Å². The van der Waals surface area contributed by atoms with E-state index >= 15 is 0 Å². The summed E-state index contributed by atoms with van der Waals surface area (Å²) in [4.78, 5) is 0. The maximum Gasteiger partial charge on any atom is 0.0917 e. The second-order valence-electron chi connectivity index (χ2n) is 3.61. The molecular formula is C11H17NOS. The van der Waals surface area contributed by atoms with E-state index in [2.05, 4.69) is 6.92 Å². The van der Waals surface area contributed by atoms with Gasteiger partial charge in [-0.15, -0.1) is 0 Å². The summed E-state index contributed by atoms with van der Waals surface area (Å²) in [6.07, 6.45) is 0.806. The van der Waals surface area contributed by atoms with Crippen molar-refractivity contribution in [1.29, 1.82) is 0 Å². The third kappa shape index (κ3) is 3.24. The lowest BCUT2D eigenvalue weighted by molar-refractivity contribution is 0.635. The van der Waals surface area contributed by atoms with E-state index in [4.69, 9.17) is 6.51 Å². The zero-order valence-electron chi connectivity index (χ0n) is 9.57. The molecule has 0 radical (unpaired) electrons. The van der Waals surface area contributed by atoms with Gasteiger partial charge in [-0.25, -0.2) is 4.21 Å². The van der Waals surface area contributed by atoms with Gasteiger partial charge in [0, 0.05) is 5.25 Å². The van der Waals surface area contributed by atoms with Crippen LogP contribution in [0.15, 0.2) is 30.3 Å². The van der Waals surface area contributed by atoms with Gasteiger partial charge >= 0.3 is 0 Å². The van der Waals surface area contributed by atoms with Gasteiger partial charge in [0.1, 0.15) is 0 Å². The summed E-state index contributed by atoms with van der Waals surface area (Å²) in [5.41, 5.74) is 1.17. The van der Waals surface area contributed by atoms with Crippen molar-refractivity contribution in [3.8, 4) is 0 Å². The molecule has 1 rings (SSSR count). The topological polar surface area (TPSA) is 43.1 Å². The fraction of sp³-hybridized carbons (Fsp3) is 0.455. The highest BCUT2D eigenvalue weighted by Crippen LogP contribution is 2.21. The molecule has 0 aliphatic carbocycles. The standard InChI is InChI=1S/C11H17NOS/c1-9(8-10(2)14(12)13)11-6-4-3-5-7-11/h3-7,9-10H,8,12H2,1-2H3/t9-,10?,14?/m0/s1/i3D. The first kappa shape index (κ1) is 9.87. The highest BCUT2D eigenvalue weighted by atomic mass is 32.2. The lowest BCUT2D eigenvalue weighted by atomic mass is 9.97. The number of hydrogen-bond donors (Lipinski definition) is 1. The molecule has 14 heavy (non-hydrogen) atoms. The number of benzene rings is 1. The third-order valence-corrected chi connectivity index (χ3v) is 3.38. The van der Waals surface area contributed by atoms with Crippen LogP contribution in [0.25, 0.3) is 0 Å². The molecule has 3 atom stereocenters. The SMILES string of the molecule is [2H]c1ccc([C@@H](C)CC(C)S(N)=O)cc1. The minimum absolute atomic E-state index is 0.00989. The highest BCUT2D eigenvalue weighted by molar-refractivity contribution is 7.83. The van der Waals surface area contributed by atoms with Crippen LogP contribution in [0.4, 0.5) is 0 Å². The Kier molecular flexibility index (Phi) is 3.72. The van der Waals surface area contributed by atoms with Gasteiger partial charge in [0.2, 0.25) is 0 Å². The summed E-state index contributed by atoms with van der Waals surface area (Å²) in [5, 5.41) is 5.34. The lowest BCUT2D eigenvalue weighted by Crippen LogP contribution is -2.20. The summed E-state index contributed by atoms with van der Waals surface area (Å²) in [6.45, 7) is 3.98. The van der Waals surface area contributed by atoms with Gasteiger partial charge in [-0.1, -0.05) is 37.2 Å². The first-order valence-corrected chi connectivity index (χ1v) is 6.00. The maximum absolute atomic E-state index is 11.0.